The number of rotatable bonds is 11. The number of aryl methyl sites for hydroxylation is 1. The van der Waals surface area contributed by atoms with Gasteiger partial charge in [0.25, 0.3) is 20.0 Å². The number of sulfonamides is 2. The summed E-state index contributed by atoms with van der Waals surface area (Å²) < 4.78 is 100. The van der Waals surface area contributed by atoms with Crippen LogP contribution in [-0.2, 0) is 31.0 Å². The molecule has 14 heteroatoms. The van der Waals surface area contributed by atoms with E-state index in [2.05, 4.69) is 10.0 Å². The molecule has 0 spiro atoms. The lowest BCUT2D eigenvalue weighted by Gasteiger charge is -2.24. The molecule has 44 heavy (non-hydrogen) atoms. The summed E-state index contributed by atoms with van der Waals surface area (Å²) in [5.74, 6) is -0.196. The van der Waals surface area contributed by atoms with Crippen molar-refractivity contribution in [3.8, 4) is 5.75 Å². The van der Waals surface area contributed by atoms with Crippen molar-refractivity contribution in [2.45, 2.75) is 29.8 Å². The van der Waals surface area contributed by atoms with Crippen molar-refractivity contribution in [2.75, 3.05) is 27.5 Å². The highest BCUT2D eigenvalue weighted by molar-refractivity contribution is 7.93. The molecule has 0 aliphatic heterocycles. The Bertz CT molecular complexity index is 1830. The van der Waals surface area contributed by atoms with E-state index in [4.69, 9.17) is 4.74 Å². The largest absolute Gasteiger partial charge is 0.494 e. The minimum Gasteiger partial charge on any atom is -0.494 e. The lowest BCUT2D eigenvalue weighted by Crippen LogP contribution is -2.38. The Morgan fingerprint density at radius 2 is 1.43 bits per heavy atom. The minimum absolute atomic E-state index is 0.0207. The number of ether oxygens (including phenoxy) is 1. The van der Waals surface area contributed by atoms with Crippen molar-refractivity contribution in [1.29, 1.82) is 0 Å². The van der Waals surface area contributed by atoms with Crippen LogP contribution >= 0.6 is 0 Å². The Labute approximate surface area is 253 Å². The molecule has 0 radical (unpaired) electrons. The van der Waals surface area contributed by atoms with Crippen LogP contribution in [0.2, 0.25) is 0 Å². The monoisotopic (exact) mass is 647 g/mol. The third kappa shape index (κ3) is 7.88. The summed E-state index contributed by atoms with van der Waals surface area (Å²) in [4.78, 5) is 12.8. The van der Waals surface area contributed by atoms with Gasteiger partial charge in [-0.05, 0) is 92.7 Å². The normalized spacial score (nSPS) is 11.9. The van der Waals surface area contributed by atoms with E-state index < -0.39 is 44.2 Å². The zero-order chi connectivity index (χ0) is 32.1. The molecule has 0 heterocycles. The van der Waals surface area contributed by atoms with Crippen LogP contribution in [0, 0.1) is 6.92 Å². The van der Waals surface area contributed by atoms with E-state index in [0.717, 1.165) is 34.1 Å². The number of halogens is 3. The molecule has 0 saturated heterocycles. The number of benzene rings is 4. The lowest BCUT2D eigenvalue weighted by molar-refractivity contribution is -0.137. The van der Waals surface area contributed by atoms with Gasteiger partial charge in [-0.15, -0.1) is 0 Å². The standard InChI is InChI=1S/C30H28F3N3O6S2/c1-3-42-26-13-11-25(12-14-26)36(44(40,41)28-15-7-21(2)8-16-28)20-29(37)34-23-9-17-27(18-10-23)43(38,39)35-24-6-4-5-22(19-24)30(31,32)33/h4-19,35H,3,20H2,1-2H3,(H,34,37). The highest BCUT2D eigenvalue weighted by atomic mass is 32.2. The molecule has 4 aromatic carbocycles. The minimum atomic E-state index is -4.65. The van der Waals surface area contributed by atoms with Gasteiger partial charge in [0.05, 0.1) is 27.6 Å². The predicted molar refractivity (Wildman–Crippen MR) is 161 cm³/mol. The SMILES string of the molecule is CCOc1ccc(N(CC(=O)Nc2ccc(S(=O)(=O)Nc3cccc(C(F)(F)F)c3)cc2)S(=O)(=O)c2ccc(C)cc2)cc1. The fourth-order valence-electron chi connectivity index (χ4n) is 4.05. The van der Waals surface area contributed by atoms with E-state index >= 15 is 0 Å². The van der Waals surface area contributed by atoms with E-state index in [9.17, 15) is 34.8 Å². The Hall–Kier alpha value is -4.56. The molecule has 9 nitrogen and oxygen atoms in total. The van der Waals surface area contributed by atoms with Crippen LogP contribution in [0.4, 0.5) is 30.2 Å². The van der Waals surface area contributed by atoms with Crippen LogP contribution in [0.5, 0.6) is 5.75 Å². The van der Waals surface area contributed by atoms with Gasteiger partial charge in [0.1, 0.15) is 12.3 Å². The first-order valence-corrected chi connectivity index (χ1v) is 16.0. The molecule has 4 aromatic rings. The summed E-state index contributed by atoms with van der Waals surface area (Å²) in [6, 6.07) is 21.0. The maximum atomic E-state index is 13.6. The van der Waals surface area contributed by atoms with E-state index in [-0.39, 0.29) is 26.9 Å². The number of amides is 1. The average molecular weight is 648 g/mol. The van der Waals surface area contributed by atoms with Crippen molar-refractivity contribution in [3.63, 3.8) is 0 Å². The highest BCUT2D eigenvalue weighted by Gasteiger charge is 2.31. The van der Waals surface area contributed by atoms with Gasteiger partial charge in [0.15, 0.2) is 0 Å². The molecule has 0 bridgehead atoms. The smallest absolute Gasteiger partial charge is 0.416 e. The average Bonchev–Trinajstić information content (AvgIpc) is 2.96. The van der Waals surface area contributed by atoms with Crippen LogP contribution in [0.3, 0.4) is 0 Å². The molecule has 0 atom stereocenters. The summed E-state index contributed by atoms with van der Waals surface area (Å²) in [5, 5.41) is 2.55. The number of carbonyl (C=O) groups is 1. The fourth-order valence-corrected chi connectivity index (χ4v) is 6.52. The second-order valence-electron chi connectivity index (χ2n) is 9.51. The molecule has 2 N–H and O–H groups in total. The Morgan fingerprint density at radius 3 is 2.02 bits per heavy atom. The first-order valence-electron chi connectivity index (χ1n) is 13.1. The fraction of sp³-hybridized carbons (Fsp3) is 0.167. The van der Waals surface area contributed by atoms with Crippen LogP contribution < -0.4 is 19.1 Å². The Balaban J connectivity index is 1.52. The van der Waals surface area contributed by atoms with Crippen LogP contribution in [0.1, 0.15) is 18.1 Å². The van der Waals surface area contributed by atoms with Gasteiger partial charge in [-0.1, -0.05) is 23.8 Å². The van der Waals surface area contributed by atoms with Crippen molar-refractivity contribution in [3.05, 3.63) is 108 Å². The number of hydrogen-bond acceptors (Lipinski definition) is 6. The van der Waals surface area contributed by atoms with Crippen molar-refractivity contribution in [2.24, 2.45) is 0 Å². The van der Waals surface area contributed by atoms with E-state index in [1.54, 1.807) is 31.2 Å². The number of alkyl halides is 3. The molecule has 4 rings (SSSR count). The van der Waals surface area contributed by atoms with Crippen molar-refractivity contribution < 1.29 is 39.5 Å². The highest BCUT2D eigenvalue weighted by Crippen LogP contribution is 2.31. The number of hydrogen-bond donors (Lipinski definition) is 2. The Morgan fingerprint density at radius 1 is 0.818 bits per heavy atom. The third-order valence-corrected chi connectivity index (χ3v) is 9.41. The van der Waals surface area contributed by atoms with Gasteiger partial charge in [0, 0.05) is 11.4 Å². The van der Waals surface area contributed by atoms with E-state index in [1.165, 1.54) is 42.5 Å². The maximum absolute atomic E-state index is 13.6. The molecular weight excluding hydrogens is 619 g/mol. The molecule has 0 fully saturated rings. The van der Waals surface area contributed by atoms with Crippen molar-refractivity contribution in [1.82, 2.24) is 0 Å². The molecule has 0 aliphatic rings. The third-order valence-electron chi connectivity index (χ3n) is 6.22. The Kier molecular flexibility index (Phi) is 9.54. The van der Waals surface area contributed by atoms with E-state index in [0.29, 0.717) is 18.4 Å². The number of carbonyl (C=O) groups excluding carboxylic acids is 1. The van der Waals surface area contributed by atoms with Crippen LogP contribution in [0.25, 0.3) is 0 Å². The van der Waals surface area contributed by atoms with Gasteiger partial charge < -0.3 is 10.1 Å². The first kappa shape index (κ1) is 32.4. The maximum Gasteiger partial charge on any atom is 0.416 e. The predicted octanol–water partition coefficient (Wildman–Crippen LogP) is 6.05. The van der Waals surface area contributed by atoms with E-state index in [1.807, 2.05) is 6.92 Å². The number of nitrogens with zero attached hydrogens (tertiary/aromatic N) is 1. The zero-order valence-electron chi connectivity index (χ0n) is 23.5. The summed E-state index contributed by atoms with van der Waals surface area (Å²) in [6.07, 6.45) is -4.65. The molecule has 232 valence electrons. The first-order chi connectivity index (χ1) is 20.7. The van der Waals surface area contributed by atoms with Gasteiger partial charge in [-0.2, -0.15) is 13.2 Å². The second-order valence-corrected chi connectivity index (χ2v) is 13.1. The number of nitrogens with one attached hydrogen (secondary N) is 2. The molecule has 0 aliphatic carbocycles. The second kappa shape index (κ2) is 13.0. The summed E-state index contributed by atoms with van der Waals surface area (Å²) in [6.45, 7) is 3.42. The van der Waals surface area contributed by atoms with Gasteiger partial charge in [0.2, 0.25) is 5.91 Å². The van der Waals surface area contributed by atoms with Gasteiger partial charge in [-0.25, -0.2) is 16.8 Å². The summed E-state index contributed by atoms with van der Waals surface area (Å²) in [5.41, 5.74) is -0.0655. The van der Waals surface area contributed by atoms with Crippen LogP contribution in [0.15, 0.2) is 107 Å². The van der Waals surface area contributed by atoms with Gasteiger partial charge >= 0.3 is 6.18 Å². The molecule has 0 aromatic heterocycles. The number of anilines is 3. The van der Waals surface area contributed by atoms with Gasteiger partial charge in [-0.3, -0.25) is 13.8 Å². The quantitative estimate of drug-likeness (QED) is 0.205. The lowest BCUT2D eigenvalue weighted by atomic mass is 10.2. The zero-order valence-corrected chi connectivity index (χ0v) is 25.1. The molecule has 1 amide bonds. The molecule has 0 saturated carbocycles. The van der Waals surface area contributed by atoms with Crippen LogP contribution in [-0.4, -0.2) is 35.9 Å². The topological polar surface area (TPSA) is 122 Å². The summed E-state index contributed by atoms with van der Waals surface area (Å²) in [7, 11) is -8.44. The molecular formula is C30H28F3N3O6S2. The summed E-state index contributed by atoms with van der Waals surface area (Å²) >= 11 is 0. The van der Waals surface area contributed by atoms with Crippen molar-refractivity contribution >= 4 is 43.0 Å². The molecule has 0 unspecified atom stereocenters.